The molecule has 1 saturated carbocycles. The number of carbonyl (C=O) groups excluding carboxylic acids is 1. The highest BCUT2D eigenvalue weighted by Gasteiger charge is 2.18. The zero-order chi connectivity index (χ0) is 14.9. The van der Waals surface area contributed by atoms with Crippen LogP contribution in [0.3, 0.4) is 0 Å². The second-order valence-electron chi connectivity index (χ2n) is 5.84. The number of carbonyl (C=O) groups is 1. The Morgan fingerprint density at radius 2 is 2.05 bits per heavy atom. The van der Waals surface area contributed by atoms with Crippen LogP contribution < -0.4 is 5.32 Å². The summed E-state index contributed by atoms with van der Waals surface area (Å²) in [6.07, 6.45) is 5.02. The lowest BCUT2D eigenvalue weighted by Crippen LogP contribution is -2.42. The second-order valence-corrected chi connectivity index (χ2v) is 5.84. The molecule has 2 fully saturated rings. The average Bonchev–Trinajstić information content (AvgIpc) is 3.03. The van der Waals surface area contributed by atoms with Gasteiger partial charge in [-0.05, 0) is 12.8 Å². The zero-order valence-corrected chi connectivity index (χ0v) is 12.8. The first kappa shape index (κ1) is 16.7. The molecule has 0 aromatic heterocycles. The second kappa shape index (κ2) is 9.35. The van der Waals surface area contributed by atoms with Gasteiger partial charge in [0.05, 0.1) is 32.0 Å². The molecule has 0 spiro atoms. The van der Waals surface area contributed by atoms with Crippen LogP contribution in [0.5, 0.6) is 0 Å². The summed E-state index contributed by atoms with van der Waals surface area (Å²) in [5.74, 6) is 0.155. The molecule has 1 unspecified atom stereocenters. The Morgan fingerprint density at radius 3 is 2.76 bits per heavy atom. The largest absolute Gasteiger partial charge is 0.389 e. The van der Waals surface area contributed by atoms with Gasteiger partial charge in [0.25, 0.3) is 0 Å². The first-order valence-corrected chi connectivity index (χ1v) is 8.11. The summed E-state index contributed by atoms with van der Waals surface area (Å²) in [7, 11) is 0. The van der Waals surface area contributed by atoms with Gasteiger partial charge in [0.15, 0.2) is 0 Å². The lowest BCUT2D eigenvalue weighted by Gasteiger charge is -2.27. The smallest absolute Gasteiger partial charge is 0.224 e. The van der Waals surface area contributed by atoms with Crippen molar-refractivity contribution < 1.29 is 19.4 Å². The van der Waals surface area contributed by atoms with Gasteiger partial charge in [-0.1, -0.05) is 12.8 Å². The predicted octanol–water partition coefficient (Wildman–Crippen LogP) is 0.145. The van der Waals surface area contributed by atoms with Crippen LogP contribution in [0, 0.1) is 0 Å². The van der Waals surface area contributed by atoms with E-state index in [0.29, 0.717) is 58.5 Å². The molecule has 0 bridgehead atoms. The molecule has 1 saturated heterocycles. The van der Waals surface area contributed by atoms with E-state index in [0.717, 1.165) is 12.8 Å². The third kappa shape index (κ3) is 6.30. The summed E-state index contributed by atoms with van der Waals surface area (Å²) in [6, 6.07) is 0. The van der Waals surface area contributed by atoms with Crippen molar-refractivity contribution in [2.75, 3.05) is 46.0 Å². The Hall–Kier alpha value is -0.690. The number of rotatable bonds is 8. The Balaban J connectivity index is 1.47. The number of aliphatic hydroxyl groups excluding tert-OH is 1. The van der Waals surface area contributed by atoms with Gasteiger partial charge in [-0.15, -0.1) is 0 Å². The summed E-state index contributed by atoms with van der Waals surface area (Å²) in [5.41, 5.74) is 0. The molecule has 21 heavy (non-hydrogen) atoms. The minimum atomic E-state index is -0.496. The molecular formula is C15H28N2O4. The maximum Gasteiger partial charge on any atom is 0.224 e. The summed E-state index contributed by atoms with van der Waals surface area (Å²) >= 11 is 0. The van der Waals surface area contributed by atoms with Crippen molar-refractivity contribution in [3.05, 3.63) is 0 Å². The van der Waals surface area contributed by atoms with Crippen molar-refractivity contribution in [1.82, 2.24) is 10.2 Å². The highest BCUT2D eigenvalue weighted by molar-refractivity contribution is 5.76. The third-order valence-corrected chi connectivity index (χ3v) is 4.09. The van der Waals surface area contributed by atoms with Crippen molar-refractivity contribution in [2.24, 2.45) is 0 Å². The Labute approximate surface area is 126 Å². The number of nitrogens with one attached hydrogen (secondary N) is 1. The van der Waals surface area contributed by atoms with E-state index in [1.807, 2.05) is 4.90 Å². The normalized spacial score (nSPS) is 21.7. The van der Waals surface area contributed by atoms with Gasteiger partial charge >= 0.3 is 0 Å². The molecule has 1 aliphatic carbocycles. The molecule has 6 heteroatoms. The molecule has 0 aromatic carbocycles. The van der Waals surface area contributed by atoms with Crippen molar-refractivity contribution in [3.8, 4) is 0 Å². The summed E-state index contributed by atoms with van der Waals surface area (Å²) in [5, 5.41) is 12.9. The fraction of sp³-hybridized carbons (Fsp3) is 0.933. The molecule has 0 aromatic rings. The van der Waals surface area contributed by atoms with Crippen molar-refractivity contribution >= 4 is 5.91 Å². The number of morpholine rings is 1. The number of ether oxygens (including phenoxy) is 2. The quantitative estimate of drug-likeness (QED) is 0.624. The number of nitrogens with zero attached hydrogens (tertiary/aromatic N) is 1. The molecule has 0 radical (unpaired) electrons. The van der Waals surface area contributed by atoms with E-state index in [1.165, 1.54) is 12.8 Å². The molecule has 1 amide bonds. The van der Waals surface area contributed by atoms with Gasteiger partial charge in [0, 0.05) is 32.6 Å². The van der Waals surface area contributed by atoms with Gasteiger partial charge in [0.1, 0.15) is 0 Å². The Bertz CT molecular complexity index is 302. The SMILES string of the molecule is O=C(CCNCC(O)COC1CCCC1)N1CCOCC1. The molecule has 1 aliphatic heterocycles. The maximum absolute atomic E-state index is 11.9. The Morgan fingerprint density at radius 1 is 1.33 bits per heavy atom. The van der Waals surface area contributed by atoms with Gasteiger partial charge in [0.2, 0.25) is 5.91 Å². The minimum absolute atomic E-state index is 0.155. The number of amides is 1. The molecular weight excluding hydrogens is 272 g/mol. The van der Waals surface area contributed by atoms with E-state index in [-0.39, 0.29) is 5.91 Å². The zero-order valence-electron chi connectivity index (χ0n) is 12.8. The van der Waals surface area contributed by atoms with Crippen LogP contribution in [0.4, 0.5) is 0 Å². The van der Waals surface area contributed by atoms with Crippen LogP contribution in [0.2, 0.25) is 0 Å². The van der Waals surface area contributed by atoms with Crippen LogP contribution in [0.1, 0.15) is 32.1 Å². The Kier molecular flexibility index (Phi) is 7.43. The summed E-state index contributed by atoms with van der Waals surface area (Å²) < 4.78 is 10.9. The van der Waals surface area contributed by atoms with E-state index in [4.69, 9.17) is 9.47 Å². The highest BCUT2D eigenvalue weighted by Crippen LogP contribution is 2.20. The fourth-order valence-corrected chi connectivity index (χ4v) is 2.80. The third-order valence-electron chi connectivity index (χ3n) is 4.09. The molecule has 1 atom stereocenters. The van der Waals surface area contributed by atoms with Crippen LogP contribution in [-0.2, 0) is 14.3 Å². The van der Waals surface area contributed by atoms with Gasteiger partial charge in [-0.3, -0.25) is 4.79 Å². The first-order valence-electron chi connectivity index (χ1n) is 8.11. The lowest BCUT2D eigenvalue weighted by atomic mass is 10.3. The summed E-state index contributed by atoms with van der Waals surface area (Å²) in [4.78, 5) is 13.7. The predicted molar refractivity (Wildman–Crippen MR) is 79.1 cm³/mol. The molecule has 2 aliphatic rings. The average molecular weight is 300 g/mol. The van der Waals surface area contributed by atoms with Gasteiger partial charge < -0.3 is 24.8 Å². The standard InChI is InChI=1S/C15H28N2O4/c18-13(12-21-14-3-1-2-4-14)11-16-6-5-15(19)17-7-9-20-10-8-17/h13-14,16,18H,1-12H2. The molecule has 122 valence electrons. The maximum atomic E-state index is 11.9. The molecule has 2 rings (SSSR count). The van der Waals surface area contributed by atoms with Crippen LogP contribution >= 0.6 is 0 Å². The van der Waals surface area contributed by atoms with E-state index >= 15 is 0 Å². The summed E-state index contributed by atoms with van der Waals surface area (Å²) in [6.45, 7) is 4.11. The van der Waals surface area contributed by atoms with E-state index < -0.39 is 6.10 Å². The van der Waals surface area contributed by atoms with Crippen LogP contribution in [0.15, 0.2) is 0 Å². The van der Waals surface area contributed by atoms with Crippen molar-refractivity contribution in [3.63, 3.8) is 0 Å². The lowest BCUT2D eigenvalue weighted by molar-refractivity contribution is -0.135. The first-order chi connectivity index (χ1) is 10.3. The minimum Gasteiger partial charge on any atom is -0.389 e. The van der Waals surface area contributed by atoms with Crippen molar-refractivity contribution in [2.45, 2.75) is 44.3 Å². The number of hydrogen-bond donors (Lipinski definition) is 2. The van der Waals surface area contributed by atoms with Crippen LogP contribution in [-0.4, -0.2) is 74.1 Å². The fourth-order valence-electron chi connectivity index (χ4n) is 2.80. The van der Waals surface area contributed by atoms with Crippen molar-refractivity contribution in [1.29, 1.82) is 0 Å². The van der Waals surface area contributed by atoms with E-state index in [9.17, 15) is 9.90 Å². The number of aliphatic hydroxyl groups is 1. The van der Waals surface area contributed by atoms with E-state index in [1.54, 1.807) is 0 Å². The molecule has 6 nitrogen and oxygen atoms in total. The van der Waals surface area contributed by atoms with Crippen LogP contribution in [0.25, 0.3) is 0 Å². The van der Waals surface area contributed by atoms with Gasteiger partial charge in [-0.25, -0.2) is 0 Å². The molecule has 2 N–H and O–H groups in total. The van der Waals surface area contributed by atoms with E-state index in [2.05, 4.69) is 5.32 Å². The van der Waals surface area contributed by atoms with Gasteiger partial charge in [-0.2, -0.15) is 0 Å². The number of hydrogen-bond acceptors (Lipinski definition) is 5. The molecule has 1 heterocycles. The monoisotopic (exact) mass is 300 g/mol. The topological polar surface area (TPSA) is 71.0 Å². The highest BCUT2D eigenvalue weighted by atomic mass is 16.5.